The summed E-state index contributed by atoms with van der Waals surface area (Å²) in [6, 6.07) is 3.99. The molecule has 0 saturated carbocycles. The van der Waals surface area contributed by atoms with E-state index in [1.54, 1.807) is 6.92 Å². The van der Waals surface area contributed by atoms with E-state index in [1.807, 2.05) is 12.3 Å². The number of aryl methyl sites for hydroxylation is 2. The van der Waals surface area contributed by atoms with Crippen molar-refractivity contribution in [2.45, 2.75) is 13.8 Å². The summed E-state index contributed by atoms with van der Waals surface area (Å²) in [6.45, 7) is 3.58. The van der Waals surface area contributed by atoms with Gasteiger partial charge in [0.25, 0.3) is 0 Å². The molecule has 0 atom stereocenters. The van der Waals surface area contributed by atoms with Crippen molar-refractivity contribution in [2.24, 2.45) is 0 Å². The van der Waals surface area contributed by atoms with Gasteiger partial charge in [0.05, 0.1) is 27.5 Å². The molecule has 1 aromatic carbocycles. The second kappa shape index (κ2) is 4.89. The fourth-order valence-electron chi connectivity index (χ4n) is 2.25. The molecule has 0 fully saturated rings. The maximum atomic E-state index is 13.5. The van der Waals surface area contributed by atoms with Crippen LogP contribution in [-0.2, 0) is 0 Å². The first kappa shape index (κ1) is 13.6. The molecule has 6 heteroatoms. The van der Waals surface area contributed by atoms with Crippen LogP contribution in [0.3, 0.4) is 0 Å². The highest BCUT2D eigenvalue weighted by Crippen LogP contribution is 2.28. The van der Waals surface area contributed by atoms with Gasteiger partial charge in [-0.3, -0.25) is 0 Å². The minimum Gasteiger partial charge on any atom is -0.478 e. The second-order valence-electron chi connectivity index (χ2n) is 4.73. The van der Waals surface area contributed by atoms with Gasteiger partial charge in [-0.1, -0.05) is 0 Å². The number of halogens is 1. The highest BCUT2D eigenvalue weighted by atomic mass is 32.1. The predicted octanol–water partition coefficient (Wildman–Crippen LogP) is 3.81. The molecule has 0 bridgehead atoms. The Balaban J connectivity index is 2.37. The fraction of sp³-hybridized carbons (Fsp3) is 0.133. The summed E-state index contributed by atoms with van der Waals surface area (Å²) >= 11 is 1.47. The third-order valence-electron chi connectivity index (χ3n) is 3.18. The molecule has 0 aliphatic carbocycles. The zero-order valence-corrected chi connectivity index (χ0v) is 12.2. The lowest BCUT2D eigenvalue weighted by atomic mass is 10.0. The highest BCUT2D eigenvalue weighted by molar-refractivity contribution is 7.09. The molecular formula is C15H11FN2O2S. The first-order valence-electron chi connectivity index (χ1n) is 6.22. The lowest BCUT2D eigenvalue weighted by Crippen LogP contribution is -2.02. The minimum absolute atomic E-state index is 0.0308. The number of hydrogen-bond donors (Lipinski definition) is 1. The van der Waals surface area contributed by atoms with Gasteiger partial charge in [-0.2, -0.15) is 0 Å². The number of fused-ring (bicyclic) bond motifs is 1. The van der Waals surface area contributed by atoms with E-state index in [0.29, 0.717) is 27.9 Å². The van der Waals surface area contributed by atoms with Gasteiger partial charge >= 0.3 is 5.97 Å². The van der Waals surface area contributed by atoms with E-state index < -0.39 is 11.8 Å². The van der Waals surface area contributed by atoms with E-state index in [9.17, 15) is 14.3 Å². The van der Waals surface area contributed by atoms with E-state index in [2.05, 4.69) is 9.97 Å². The zero-order valence-electron chi connectivity index (χ0n) is 11.3. The van der Waals surface area contributed by atoms with Crippen LogP contribution in [0.5, 0.6) is 0 Å². The van der Waals surface area contributed by atoms with Gasteiger partial charge in [0.1, 0.15) is 5.82 Å². The Labute approximate surface area is 123 Å². The number of aromatic nitrogens is 2. The van der Waals surface area contributed by atoms with E-state index >= 15 is 0 Å². The summed E-state index contributed by atoms with van der Waals surface area (Å²) < 4.78 is 13.5. The molecule has 0 spiro atoms. The summed E-state index contributed by atoms with van der Waals surface area (Å²) in [5.41, 5.74) is 2.23. The van der Waals surface area contributed by atoms with E-state index in [0.717, 1.165) is 5.01 Å². The molecule has 0 saturated heterocycles. The lowest BCUT2D eigenvalue weighted by Gasteiger charge is -2.08. The van der Waals surface area contributed by atoms with Gasteiger partial charge in [0, 0.05) is 10.8 Å². The number of nitrogens with zero attached hydrogens (tertiary/aromatic N) is 2. The maximum Gasteiger partial charge on any atom is 0.336 e. The van der Waals surface area contributed by atoms with Gasteiger partial charge in [-0.15, -0.1) is 11.3 Å². The summed E-state index contributed by atoms with van der Waals surface area (Å²) in [5.74, 6) is -1.58. The summed E-state index contributed by atoms with van der Waals surface area (Å²) in [6.07, 6.45) is 0. The van der Waals surface area contributed by atoms with Crippen LogP contribution in [0, 0.1) is 19.7 Å². The average Bonchev–Trinajstić information content (AvgIpc) is 2.84. The number of hydrogen-bond acceptors (Lipinski definition) is 4. The topological polar surface area (TPSA) is 63.1 Å². The number of carboxylic acid groups (broad SMARTS) is 1. The normalized spacial score (nSPS) is 11.0. The third kappa shape index (κ3) is 2.38. The third-order valence-corrected chi connectivity index (χ3v) is 3.95. The lowest BCUT2D eigenvalue weighted by molar-refractivity contribution is 0.0699. The molecule has 2 heterocycles. The smallest absolute Gasteiger partial charge is 0.336 e. The number of carboxylic acids is 1. The highest BCUT2D eigenvalue weighted by Gasteiger charge is 2.16. The summed E-state index contributed by atoms with van der Waals surface area (Å²) in [5, 5.41) is 12.4. The second-order valence-corrected chi connectivity index (χ2v) is 5.79. The first-order valence-corrected chi connectivity index (χ1v) is 7.10. The Morgan fingerprint density at radius 2 is 1.95 bits per heavy atom. The number of aromatic carboxylic acids is 1. The van der Waals surface area contributed by atoms with Crippen molar-refractivity contribution < 1.29 is 14.3 Å². The largest absolute Gasteiger partial charge is 0.478 e. The number of benzene rings is 1. The molecule has 2 aromatic heterocycles. The Kier molecular flexibility index (Phi) is 3.17. The SMILES string of the molecule is Cc1nc(-c2cc(C(=O)O)c3cc(F)cc(C)c3n2)cs1. The molecule has 3 aromatic rings. The molecule has 0 unspecified atom stereocenters. The predicted molar refractivity (Wildman–Crippen MR) is 79.2 cm³/mol. The summed E-state index contributed by atoms with van der Waals surface area (Å²) in [7, 11) is 0. The van der Waals surface area contributed by atoms with E-state index in [-0.39, 0.29) is 5.56 Å². The molecular weight excluding hydrogens is 291 g/mol. The van der Waals surface area contributed by atoms with Crippen molar-refractivity contribution >= 4 is 28.2 Å². The molecule has 106 valence electrons. The molecule has 0 aliphatic heterocycles. The van der Waals surface area contributed by atoms with Crippen LogP contribution in [0.15, 0.2) is 23.6 Å². The van der Waals surface area contributed by atoms with Crippen molar-refractivity contribution in [1.29, 1.82) is 0 Å². The monoisotopic (exact) mass is 302 g/mol. The summed E-state index contributed by atoms with van der Waals surface area (Å²) in [4.78, 5) is 20.2. The molecule has 0 radical (unpaired) electrons. The van der Waals surface area contributed by atoms with Gasteiger partial charge < -0.3 is 5.11 Å². The van der Waals surface area contributed by atoms with Gasteiger partial charge in [-0.25, -0.2) is 19.2 Å². The standard InChI is InChI=1S/C15H11FN2O2S/c1-7-3-9(16)4-10-11(15(19)20)5-12(18-14(7)10)13-6-21-8(2)17-13/h3-6H,1-2H3,(H,19,20). The molecule has 4 nitrogen and oxygen atoms in total. The Hall–Kier alpha value is -2.34. The van der Waals surface area contributed by atoms with Crippen molar-refractivity contribution in [3.05, 3.63) is 45.5 Å². The Morgan fingerprint density at radius 1 is 1.19 bits per heavy atom. The van der Waals surface area contributed by atoms with Crippen LogP contribution < -0.4 is 0 Å². The van der Waals surface area contributed by atoms with Crippen LogP contribution in [0.2, 0.25) is 0 Å². The Morgan fingerprint density at radius 3 is 2.57 bits per heavy atom. The van der Waals surface area contributed by atoms with Crippen LogP contribution in [0.25, 0.3) is 22.3 Å². The quantitative estimate of drug-likeness (QED) is 0.782. The van der Waals surface area contributed by atoms with Crippen molar-refractivity contribution in [3.63, 3.8) is 0 Å². The van der Waals surface area contributed by atoms with Gasteiger partial charge in [0.2, 0.25) is 0 Å². The van der Waals surface area contributed by atoms with Gasteiger partial charge in [-0.05, 0) is 37.6 Å². The molecule has 3 rings (SSSR count). The van der Waals surface area contributed by atoms with Crippen LogP contribution in [0.1, 0.15) is 20.9 Å². The van der Waals surface area contributed by atoms with Crippen LogP contribution in [-0.4, -0.2) is 21.0 Å². The molecule has 1 N–H and O–H groups in total. The zero-order chi connectivity index (χ0) is 15.1. The van der Waals surface area contributed by atoms with Crippen molar-refractivity contribution in [1.82, 2.24) is 9.97 Å². The number of carbonyl (C=O) groups is 1. The number of rotatable bonds is 2. The average molecular weight is 302 g/mol. The maximum absolute atomic E-state index is 13.5. The number of thiazole rings is 1. The molecule has 0 aliphatic rings. The van der Waals surface area contributed by atoms with E-state index in [1.165, 1.54) is 29.5 Å². The van der Waals surface area contributed by atoms with Crippen LogP contribution >= 0.6 is 11.3 Å². The fourth-order valence-corrected chi connectivity index (χ4v) is 2.85. The van der Waals surface area contributed by atoms with Gasteiger partial charge in [0.15, 0.2) is 0 Å². The Bertz CT molecular complexity index is 873. The van der Waals surface area contributed by atoms with Crippen LogP contribution in [0.4, 0.5) is 4.39 Å². The minimum atomic E-state index is -1.11. The molecule has 21 heavy (non-hydrogen) atoms. The van der Waals surface area contributed by atoms with Crippen molar-refractivity contribution in [2.75, 3.05) is 0 Å². The first-order chi connectivity index (χ1) is 9.95. The number of pyridine rings is 1. The van der Waals surface area contributed by atoms with E-state index in [4.69, 9.17) is 0 Å². The van der Waals surface area contributed by atoms with Crippen molar-refractivity contribution in [3.8, 4) is 11.4 Å². The molecule has 0 amide bonds.